The number of carbonyl (C=O) groups is 1. The molecule has 3 nitrogen and oxygen atoms in total. The Bertz CT molecular complexity index is 430. The maximum Gasteiger partial charge on any atom is 0.178 e. The summed E-state index contributed by atoms with van der Waals surface area (Å²) < 4.78 is 5.68. The van der Waals surface area contributed by atoms with Crippen LogP contribution in [0.25, 0.3) is 0 Å². The molecule has 1 aromatic carbocycles. The highest BCUT2D eigenvalue weighted by atomic mass is 35.5. The van der Waals surface area contributed by atoms with E-state index in [1.807, 2.05) is 24.1 Å². The van der Waals surface area contributed by atoms with Gasteiger partial charge < -0.3 is 4.74 Å². The Labute approximate surface area is 119 Å². The highest BCUT2D eigenvalue weighted by Gasteiger charge is 2.18. The molecule has 1 aromatic rings. The number of rotatable bonds is 5. The molecule has 0 saturated carbocycles. The minimum absolute atomic E-state index is 0.0592. The molecule has 0 aromatic heterocycles. The number of ether oxygens (including phenoxy) is 1. The summed E-state index contributed by atoms with van der Waals surface area (Å²) in [6, 6.07) is 7.19. The number of hydrogen-bond donors (Lipinski definition) is 0. The van der Waals surface area contributed by atoms with Crippen molar-refractivity contribution in [3.63, 3.8) is 0 Å². The molecule has 1 fully saturated rings. The van der Waals surface area contributed by atoms with Gasteiger partial charge in [0.05, 0.1) is 17.7 Å². The fourth-order valence-electron chi connectivity index (χ4n) is 2.38. The first-order valence-corrected chi connectivity index (χ1v) is 7.12. The molecule has 0 bridgehead atoms. The largest absolute Gasteiger partial charge is 0.377 e. The SMILES string of the molecule is CN(CC(=O)c1ccccc1Cl)CC1CCCCO1. The summed E-state index contributed by atoms with van der Waals surface area (Å²) in [4.78, 5) is 14.2. The van der Waals surface area contributed by atoms with E-state index in [4.69, 9.17) is 16.3 Å². The zero-order chi connectivity index (χ0) is 13.7. The average Bonchev–Trinajstić information content (AvgIpc) is 2.40. The first-order chi connectivity index (χ1) is 9.16. The number of halogens is 1. The molecule has 0 amide bonds. The van der Waals surface area contributed by atoms with E-state index >= 15 is 0 Å². The number of carbonyl (C=O) groups excluding carboxylic acids is 1. The van der Waals surface area contributed by atoms with Crippen LogP contribution in [0.2, 0.25) is 5.02 Å². The minimum Gasteiger partial charge on any atom is -0.377 e. The smallest absolute Gasteiger partial charge is 0.178 e. The van der Waals surface area contributed by atoms with E-state index < -0.39 is 0 Å². The number of likely N-dealkylation sites (N-methyl/N-ethyl adjacent to an activating group) is 1. The fraction of sp³-hybridized carbons (Fsp3) is 0.533. The Balaban J connectivity index is 1.86. The third-order valence-electron chi connectivity index (χ3n) is 3.38. The third-order valence-corrected chi connectivity index (χ3v) is 3.71. The van der Waals surface area contributed by atoms with Crippen molar-refractivity contribution >= 4 is 17.4 Å². The summed E-state index contributed by atoms with van der Waals surface area (Å²) in [6.07, 6.45) is 3.72. The molecule has 1 heterocycles. The van der Waals surface area contributed by atoms with E-state index in [0.29, 0.717) is 17.1 Å². The van der Waals surface area contributed by atoms with Crippen LogP contribution >= 0.6 is 11.6 Å². The van der Waals surface area contributed by atoms with Crippen molar-refractivity contribution in [1.82, 2.24) is 4.90 Å². The van der Waals surface area contributed by atoms with Gasteiger partial charge >= 0.3 is 0 Å². The van der Waals surface area contributed by atoms with Crippen molar-refractivity contribution in [3.05, 3.63) is 34.9 Å². The first-order valence-electron chi connectivity index (χ1n) is 6.74. The Hall–Kier alpha value is -0.900. The van der Waals surface area contributed by atoms with Crippen LogP contribution in [0.5, 0.6) is 0 Å². The summed E-state index contributed by atoms with van der Waals surface area (Å²) >= 11 is 6.03. The number of Topliss-reactive ketones (excluding diaryl/α,β-unsaturated/α-hetero) is 1. The zero-order valence-corrected chi connectivity index (χ0v) is 12.0. The van der Waals surface area contributed by atoms with Crippen LogP contribution in [0.3, 0.4) is 0 Å². The van der Waals surface area contributed by atoms with Crippen molar-refractivity contribution in [2.45, 2.75) is 25.4 Å². The summed E-state index contributed by atoms with van der Waals surface area (Å²) in [5, 5.41) is 0.523. The van der Waals surface area contributed by atoms with Gasteiger partial charge in [-0.05, 0) is 38.4 Å². The van der Waals surface area contributed by atoms with E-state index in [0.717, 1.165) is 26.0 Å². The molecule has 1 atom stereocenters. The normalized spacial score (nSPS) is 19.6. The topological polar surface area (TPSA) is 29.5 Å². The first kappa shape index (κ1) is 14.5. The fourth-order valence-corrected chi connectivity index (χ4v) is 2.62. The maximum atomic E-state index is 12.2. The van der Waals surface area contributed by atoms with Crippen molar-refractivity contribution in [2.24, 2.45) is 0 Å². The lowest BCUT2D eigenvalue weighted by Gasteiger charge is -2.27. The third kappa shape index (κ3) is 4.30. The van der Waals surface area contributed by atoms with Gasteiger partial charge in [0.1, 0.15) is 0 Å². The molecule has 0 N–H and O–H groups in total. The van der Waals surface area contributed by atoms with Gasteiger partial charge in [-0.15, -0.1) is 0 Å². The molecule has 2 rings (SSSR count). The molecule has 19 heavy (non-hydrogen) atoms. The molecule has 0 radical (unpaired) electrons. The van der Waals surface area contributed by atoms with Crippen LogP contribution in [-0.2, 0) is 4.74 Å². The second-order valence-electron chi connectivity index (χ2n) is 5.09. The van der Waals surface area contributed by atoms with Gasteiger partial charge in [0.2, 0.25) is 0 Å². The van der Waals surface area contributed by atoms with E-state index in [9.17, 15) is 4.79 Å². The molecule has 1 aliphatic heterocycles. The molecule has 0 aliphatic carbocycles. The number of benzene rings is 1. The van der Waals surface area contributed by atoms with Crippen LogP contribution < -0.4 is 0 Å². The molecule has 1 saturated heterocycles. The predicted octanol–water partition coefficient (Wildman–Crippen LogP) is 3.02. The number of hydrogen-bond acceptors (Lipinski definition) is 3. The molecule has 4 heteroatoms. The van der Waals surface area contributed by atoms with Gasteiger partial charge in [-0.3, -0.25) is 9.69 Å². The molecule has 0 spiro atoms. The average molecular weight is 282 g/mol. The van der Waals surface area contributed by atoms with E-state index in [2.05, 4.69) is 0 Å². The standard InChI is InChI=1S/C15H20ClNO2/c1-17(10-12-6-4-5-9-19-12)11-15(18)13-7-2-3-8-14(13)16/h2-3,7-8,12H,4-6,9-11H2,1H3. The van der Waals surface area contributed by atoms with E-state index in [1.54, 1.807) is 12.1 Å². The molecule has 104 valence electrons. The van der Waals surface area contributed by atoms with Gasteiger partial charge in [0.15, 0.2) is 5.78 Å². The highest BCUT2D eigenvalue weighted by molar-refractivity contribution is 6.34. The van der Waals surface area contributed by atoms with E-state index in [-0.39, 0.29) is 11.9 Å². The summed E-state index contributed by atoms with van der Waals surface area (Å²) in [7, 11) is 1.95. The molecular weight excluding hydrogens is 262 g/mol. The number of nitrogens with zero attached hydrogens (tertiary/aromatic N) is 1. The van der Waals surface area contributed by atoms with Crippen LogP contribution in [-0.4, -0.2) is 43.5 Å². The lowest BCUT2D eigenvalue weighted by molar-refractivity contribution is -0.000667. The Morgan fingerprint density at radius 2 is 2.21 bits per heavy atom. The minimum atomic E-state index is 0.0592. The van der Waals surface area contributed by atoms with Gasteiger partial charge in [-0.25, -0.2) is 0 Å². The maximum absolute atomic E-state index is 12.2. The van der Waals surface area contributed by atoms with Gasteiger partial charge in [-0.2, -0.15) is 0 Å². The molecule has 1 aliphatic rings. The number of ketones is 1. The Morgan fingerprint density at radius 3 is 2.89 bits per heavy atom. The second-order valence-corrected chi connectivity index (χ2v) is 5.50. The quantitative estimate of drug-likeness (QED) is 0.777. The van der Waals surface area contributed by atoms with Crippen LogP contribution in [0.4, 0.5) is 0 Å². The van der Waals surface area contributed by atoms with Crippen molar-refractivity contribution < 1.29 is 9.53 Å². The van der Waals surface area contributed by atoms with Gasteiger partial charge in [0.25, 0.3) is 0 Å². The van der Waals surface area contributed by atoms with E-state index in [1.165, 1.54) is 6.42 Å². The monoisotopic (exact) mass is 281 g/mol. The van der Waals surface area contributed by atoms with Gasteiger partial charge in [-0.1, -0.05) is 23.7 Å². The Kier molecular flexibility index (Phi) is 5.37. The summed E-state index contributed by atoms with van der Waals surface area (Å²) in [6.45, 7) is 2.02. The van der Waals surface area contributed by atoms with Crippen molar-refractivity contribution in [2.75, 3.05) is 26.7 Å². The van der Waals surface area contributed by atoms with Crippen LogP contribution in [0.1, 0.15) is 29.6 Å². The lowest BCUT2D eigenvalue weighted by atomic mass is 10.1. The second kappa shape index (κ2) is 7.04. The Morgan fingerprint density at radius 1 is 1.42 bits per heavy atom. The van der Waals surface area contributed by atoms with Gasteiger partial charge in [0, 0.05) is 18.7 Å². The van der Waals surface area contributed by atoms with Crippen LogP contribution in [0.15, 0.2) is 24.3 Å². The molecular formula is C15H20ClNO2. The van der Waals surface area contributed by atoms with Crippen molar-refractivity contribution in [1.29, 1.82) is 0 Å². The predicted molar refractivity (Wildman–Crippen MR) is 76.9 cm³/mol. The zero-order valence-electron chi connectivity index (χ0n) is 11.3. The lowest BCUT2D eigenvalue weighted by Crippen LogP contribution is -2.36. The molecule has 1 unspecified atom stereocenters. The summed E-state index contributed by atoms with van der Waals surface area (Å²) in [5.41, 5.74) is 0.598. The summed E-state index contributed by atoms with van der Waals surface area (Å²) in [5.74, 6) is 0.0592. The van der Waals surface area contributed by atoms with Crippen LogP contribution in [0, 0.1) is 0 Å². The highest BCUT2D eigenvalue weighted by Crippen LogP contribution is 2.17. The van der Waals surface area contributed by atoms with Crippen molar-refractivity contribution in [3.8, 4) is 0 Å².